The van der Waals surface area contributed by atoms with Crippen LogP contribution < -0.4 is 5.32 Å². The van der Waals surface area contributed by atoms with Gasteiger partial charge in [0.1, 0.15) is 0 Å². The van der Waals surface area contributed by atoms with E-state index in [1.807, 2.05) is 6.08 Å². The fourth-order valence-electron chi connectivity index (χ4n) is 11.5. The van der Waals surface area contributed by atoms with Crippen molar-refractivity contribution in [3.63, 3.8) is 0 Å². The summed E-state index contributed by atoms with van der Waals surface area (Å²) in [5.74, 6) is -0.0539. The maximum Gasteiger partial charge on any atom is 0.305 e. The molecule has 2 atom stereocenters. The molecular weight excluding hydrogens is 971 g/mol. The van der Waals surface area contributed by atoms with Crippen LogP contribution in [0.5, 0.6) is 0 Å². The summed E-state index contributed by atoms with van der Waals surface area (Å²) in [6.45, 7) is 4.95. The first-order valence-corrected chi connectivity index (χ1v) is 36.1. The summed E-state index contributed by atoms with van der Waals surface area (Å²) in [5, 5.41) is 23.2. The maximum absolute atomic E-state index is 12.5. The highest BCUT2D eigenvalue weighted by atomic mass is 16.5. The second-order valence-corrected chi connectivity index (χ2v) is 24.9. The number of hydrogen-bond acceptors (Lipinski definition) is 5. The molecule has 0 aromatic rings. The van der Waals surface area contributed by atoms with E-state index in [9.17, 15) is 19.8 Å². The van der Waals surface area contributed by atoms with Crippen LogP contribution in [0.15, 0.2) is 24.3 Å². The van der Waals surface area contributed by atoms with Crippen molar-refractivity contribution in [3.05, 3.63) is 24.3 Å². The van der Waals surface area contributed by atoms with Gasteiger partial charge in [-0.2, -0.15) is 0 Å². The summed E-state index contributed by atoms with van der Waals surface area (Å²) in [6, 6.07) is -0.633. The molecule has 79 heavy (non-hydrogen) atoms. The third-order valence-electron chi connectivity index (χ3n) is 17.0. The Balaban J connectivity index is 3.41. The van der Waals surface area contributed by atoms with Crippen LogP contribution in [-0.4, -0.2) is 47.4 Å². The summed E-state index contributed by atoms with van der Waals surface area (Å²) in [5.41, 5.74) is 0. The highest BCUT2D eigenvalue weighted by molar-refractivity contribution is 5.76. The largest absolute Gasteiger partial charge is 0.466 e. The number of carbonyl (C=O) groups excluding carboxylic acids is 2. The lowest BCUT2D eigenvalue weighted by atomic mass is 10.0. The van der Waals surface area contributed by atoms with Gasteiger partial charge in [0.2, 0.25) is 5.91 Å². The Kier molecular flexibility index (Phi) is 67.4. The van der Waals surface area contributed by atoms with E-state index < -0.39 is 12.1 Å². The van der Waals surface area contributed by atoms with Gasteiger partial charge < -0.3 is 20.3 Å². The standard InChI is InChI=1S/C73H141NO5/c1-3-5-7-9-11-13-15-17-19-21-23-27-30-33-37-41-45-49-53-57-61-65-71(76)70(69-75)74-72(77)66-62-58-54-50-46-42-38-34-31-28-25-24-26-29-32-36-40-44-48-52-56-60-64-68-79-73(78)67-63-59-55-51-47-43-39-35-22-20-18-16-14-12-10-8-6-4-2/h28,31,61,65,70-71,75-76H,3-27,29-30,32-60,62-64,66-69H2,1-2H3,(H,74,77)/b31-28-,65-61+. The van der Waals surface area contributed by atoms with Gasteiger partial charge in [-0.3, -0.25) is 9.59 Å². The van der Waals surface area contributed by atoms with E-state index >= 15 is 0 Å². The van der Waals surface area contributed by atoms with E-state index in [1.54, 1.807) is 6.08 Å². The van der Waals surface area contributed by atoms with E-state index in [0.29, 0.717) is 19.4 Å². The summed E-state index contributed by atoms with van der Waals surface area (Å²) in [4.78, 5) is 24.6. The molecular formula is C73H141NO5. The van der Waals surface area contributed by atoms with E-state index in [0.717, 1.165) is 44.9 Å². The minimum absolute atomic E-state index is 0.0163. The monoisotopic (exact) mass is 1110 g/mol. The average Bonchev–Trinajstić information content (AvgIpc) is 3.45. The van der Waals surface area contributed by atoms with Gasteiger partial charge in [-0.15, -0.1) is 0 Å². The van der Waals surface area contributed by atoms with Crippen molar-refractivity contribution in [2.45, 2.75) is 418 Å². The molecule has 0 aromatic carbocycles. The van der Waals surface area contributed by atoms with Gasteiger partial charge in [-0.05, 0) is 57.8 Å². The van der Waals surface area contributed by atoms with Crippen LogP contribution in [0.3, 0.4) is 0 Å². The van der Waals surface area contributed by atoms with Crippen molar-refractivity contribution in [1.29, 1.82) is 0 Å². The zero-order valence-electron chi connectivity index (χ0n) is 53.6. The molecule has 0 aliphatic heterocycles. The smallest absolute Gasteiger partial charge is 0.305 e. The van der Waals surface area contributed by atoms with Crippen LogP contribution in [0.4, 0.5) is 0 Å². The molecule has 0 heterocycles. The Morgan fingerprint density at radius 3 is 0.899 bits per heavy atom. The highest BCUT2D eigenvalue weighted by Gasteiger charge is 2.18. The molecule has 0 aliphatic carbocycles. The van der Waals surface area contributed by atoms with Crippen LogP contribution in [0.2, 0.25) is 0 Å². The molecule has 6 heteroatoms. The molecule has 0 spiro atoms. The number of rotatable bonds is 68. The van der Waals surface area contributed by atoms with Gasteiger partial charge >= 0.3 is 5.97 Å². The highest BCUT2D eigenvalue weighted by Crippen LogP contribution is 2.19. The first-order chi connectivity index (χ1) is 39.0. The Morgan fingerprint density at radius 2 is 0.595 bits per heavy atom. The van der Waals surface area contributed by atoms with Crippen molar-refractivity contribution in [3.8, 4) is 0 Å². The summed E-state index contributed by atoms with van der Waals surface area (Å²) >= 11 is 0. The SMILES string of the molecule is CCCCCCCCCCCCCCCCCCCCC/C=C/C(O)C(CO)NC(=O)CCCCCCCCC/C=C\CCCCCCCCCCCCCCOC(=O)CCCCCCCCCCCCCCCCCCCC. The van der Waals surface area contributed by atoms with Crippen LogP contribution >= 0.6 is 0 Å². The minimum atomic E-state index is -0.849. The summed E-state index contributed by atoms with van der Waals surface area (Å²) < 4.78 is 5.51. The first kappa shape index (κ1) is 77.3. The number of aliphatic hydroxyl groups is 2. The topological polar surface area (TPSA) is 95.9 Å². The van der Waals surface area contributed by atoms with Gasteiger partial charge in [-0.1, -0.05) is 359 Å². The molecule has 0 bridgehead atoms. The van der Waals surface area contributed by atoms with Crippen LogP contribution in [0.1, 0.15) is 406 Å². The van der Waals surface area contributed by atoms with Crippen LogP contribution in [-0.2, 0) is 14.3 Å². The predicted octanol–water partition coefficient (Wildman–Crippen LogP) is 23.3. The second-order valence-electron chi connectivity index (χ2n) is 24.9. The quantitative estimate of drug-likeness (QED) is 0.0320. The normalized spacial score (nSPS) is 12.6. The Hall–Kier alpha value is -1.66. The molecule has 1 amide bonds. The van der Waals surface area contributed by atoms with Gasteiger partial charge in [0, 0.05) is 12.8 Å². The summed E-state index contributed by atoms with van der Waals surface area (Å²) in [7, 11) is 0. The number of amides is 1. The predicted molar refractivity (Wildman–Crippen MR) is 347 cm³/mol. The number of carbonyl (C=O) groups is 2. The van der Waals surface area contributed by atoms with E-state index in [-0.39, 0.29) is 18.5 Å². The number of hydrogen-bond donors (Lipinski definition) is 3. The molecule has 0 aliphatic rings. The molecule has 0 fully saturated rings. The third kappa shape index (κ3) is 65.4. The van der Waals surface area contributed by atoms with Crippen LogP contribution in [0.25, 0.3) is 0 Å². The molecule has 0 rings (SSSR count). The number of aliphatic hydroxyl groups excluding tert-OH is 2. The van der Waals surface area contributed by atoms with Gasteiger partial charge in [0.25, 0.3) is 0 Å². The minimum Gasteiger partial charge on any atom is -0.466 e. The van der Waals surface area contributed by atoms with E-state index in [1.165, 1.54) is 334 Å². The van der Waals surface area contributed by atoms with E-state index in [2.05, 4.69) is 31.3 Å². The Bertz CT molecular complexity index is 1230. The molecule has 2 unspecified atom stereocenters. The Morgan fingerprint density at radius 1 is 0.342 bits per heavy atom. The van der Waals surface area contributed by atoms with Gasteiger partial charge in [-0.25, -0.2) is 0 Å². The first-order valence-electron chi connectivity index (χ1n) is 36.1. The molecule has 0 aromatic heterocycles. The van der Waals surface area contributed by atoms with Crippen molar-refractivity contribution in [2.75, 3.05) is 13.2 Å². The fourth-order valence-corrected chi connectivity index (χ4v) is 11.5. The van der Waals surface area contributed by atoms with Gasteiger partial charge in [0.05, 0.1) is 25.4 Å². The average molecular weight is 1110 g/mol. The molecule has 0 saturated heterocycles. The number of nitrogens with one attached hydrogen (secondary N) is 1. The van der Waals surface area contributed by atoms with Crippen molar-refractivity contribution in [2.24, 2.45) is 0 Å². The lowest BCUT2D eigenvalue weighted by Gasteiger charge is -2.20. The molecule has 3 N–H and O–H groups in total. The van der Waals surface area contributed by atoms with E-state index in [4.69, 9.17) is 4.74 Å². The summed E-state index contributed by atoms with van der Waals surface area (Å²) in [6.07, 6.45) is 86.9. The Labute approximate surface area is 494 Å². The van der Waals surface area contributed by atoms with Crippen molar-refractivity contribution in [1.82, 2.24) is 5.32 Å². The molecule has 6 nitrogen and oxygen atoms in total. The molecule has 0 saturated carbocycles. The second kappa shape index (κ2) is 68.8. The fraction of sp³-hybridized carbons (Fsp3) is 0.918. The maximum atomic E-state index is 12.5. The number of esters is 1. The number of ether oxygens (including phenoxy) is 1. The lowest BCUT2D eigenvalue weighted by molar-refractivity contribution is -0.143. The molecule has 468 valence electrons. The van der Waals surface area contributed by atoms with Gasteiger partial charge in [0.15, 0.2) is 0 Å². The van der Waals surface area contributed by atoms with Crippen molar-refractivity contribution < 1.29 is 24.5 Å². The number of allylic oxidation sites excluding steroid dienone is 3. The lowest BCUT2D eigenvalue weighted by Crippen LogP contribution is -2.45. The zero-order valence-corrected chi connectivity index (χ0v) is 53.6. The zero-order chi connectivity index (χ0) is 57.1. The molecule has 0 radical (unpaired) electrons. The van der Waals surface area contributed by atoms with Crippen LogP contribution in [0, 0.1) is 0 Å². The van der Waals surface area contributed by atoms with Crippen molar-refractivity contribution >= 4 is 11.9 Å². The number of unbranched alkanes of at least 4 members (excludes halogenated alkanes) is 55. The third-order valence-corrected chi connectivity index (χ3v) is 17.0.